The van der Waals surface area contributed by atoms with E-state index in [1.165, 1.54) is 17.8 Å². The lowest BCUT2D eigenvalue weighted by Crippen LogP contribution is -2.45. The van der Waals surface area contributed by atoms with Gasteiger partial charge in [0.1, 0.15) is 34.4 Å². The highest BCUT2D eigenvalue weighted by Crippen LogP contribution is 2.30. The van der Waals surface area contributed by atoms with E-state index in [0.29, 0.717) is 74.1 Å². The summed E-state index contributed by atoms with van der Waals surface area (Å²) in [5.74, 6) is 0.749. The first-order chi connectivity index (χ1) is 17.3. The van der Waals surface area contributed by atoms with Gasteiger partial charge in [-0.25, -0.2) is 4.79 Å². The molecule has 1 amide bonds. The number of nitrogens with one attached hydrogen (secondary N) is 1. The van der Waals surface area contributed by atoms with E-state index in [-0.39, 0.29) is 12.5 Å². The van der Waals surface area contributed by atoms with Crippen LogP contribution in [-0.4, -0.2) is 79.4 Å². The molecule has 0 bridgehead atoms. The van der Waals surface area contributed by atoms with Gasteiger partial charge in [-0.2, -0.15) is 0 Å². The Bertz CT molecular complexity index is 952. The molecule has 2 heterocycles. The molecule has 0 aliphatic carbocycles. The standard InChI is InChI=1S/C24H37N3O8S/c1-5-7-19(25-23(29)24(4)16-36-22(26-24)17(3)27-30)20-14-18(15-21(28)35-20)34-13-12-33-11-10-32-9-8-31-6-2/h14-15,19,30H,5-13,16H2,1-4H3,(H,25,29)/b27-17+. The van der Waals surface area contributed by atoms with Crippen LogP contribution in [0, 0.1) is 0 Å². The molecule has 0 spiro atoms. The van der Waals surface area contributed by atoms with Crippen molar-refractivity contribution < 1.29 is 33.4 Å². The molecule has 12 heteroatoms. The molecule has 2 N–H and O–H groups in total. The quantitative estimate of drug-likeness (QED) is 0.135. The van der Waals surface area contributed by atoms with E-state index in [9.17, 15) is 9.59 Å². The fourth-order valence-electron chi connectivity index (χ4n) is 3.26. The molecule has 2 rings (SSSR count). The Labute approximate surface area is 215 Å². The number of hydrogen-bond acceptors (Lipinski definition) is 11. The number of rotatable bonds is 17. The van der Waals surface area contributed by atoms with Gasteiger partial charge in [0, 0.05) is 18.4 Å². The number of aliphatic imine (C=N–C) groups is 1. The minimum atomic E-state index is -1.03. The zero-order chi connectivity index (χ0) is 26.4. The average Bonchev–Trinajstić information content (AvgIpc) is 3.27. The van der Waals surface area contributed by atoms with Gasteiger partial charge in [0.2, 0.25) is 5.91 Å². The molecule has 1 aromatic rings. The molecule has 202 valence electrons. The number of ether oxygens (including phenoxy) is 4. The molecule has 1 aromatic heterocycles. The first-order valence-electron chi connectivity index (χ1n) is 12.1. The number of carbonyl (C=O) groups excluding carboxylic acids is 1. The number of carbonyl (C=O) groups is 1. The number of hydrogen-bond donors (Lipinski definition) is 2. The van der Waals surface area contributed by atoms with Crippen LogP contribution in [0.4, 0.5) is 0 Å². The third-order valence-electron chi connectivity index (χ3n) is 5.22. The van der Waals surface area contributed by atoms with Gasteiger partial charge >= 0.3 is 5.63 Å². The summed E-state index contributed by atoms with van der Waals surface area (Å²) in [7, 11) is 0. The summed E-state index contributed by atoms with van der Waals surface area (Å²) in [6.07, 6.45) is 1.30. The second-order valence-corrected chi connectivity index (χ2v) is 9.23. The molecule has 1 aliphatic heterocycles. The van der Waals surface area contributed by atoms with Crippen LogP contribution in [0.3, 0.4) is 0 Å². The zero-order valence-electron chi connectivity index (χ0n) is 21.4. The smallest absolute Gasteiger partial charge is 0.339 e. The van der Waals surface area contributed by atoms with Gasteiger partial charge < -0.3 is 33.9 Å². The van der Waals surface area contributed by atoms with E-state index in [1.807, 2.05) is 13.8 Å². The Morgan fingerprint density at radius 1 is 1.19 bits per heavy atom. The van der Waals surface area contributed by atoms with E-state index in [2.05, 4.69) is 15.5 Å². The number of thioether (sulfide) groups is 1. The minimum Gasteiger partial charge on any atom is -0.491 e. The molecule has 0 saturated carbocycles. The van der Waals surface area contributed by atoms with Gasteiger partial charge in [0.05, 0.1) is 45.1 Å². The maximum Gasteiger partial charge on any atom is 0.339 e. The minimum absolute atomic E-state index is 0.241. The molecule has 0 fully saturated rings. The second kappa shape index (κ2) is 15.6. The Morgan fingerprint density at radius 2 is 1.86 bits per heavy atom. The van der Waals surface area contributed by atoms with Crippen molar-refractivity contribution in [3.8, 4) is 5.75 Å². The van der Waals surface area contributed by atoms with Crippen molar-refractivity contribution in [2.45, 2.75) is 52.1 Å². The van der Waals surface area contributed by atoms with Gasteiger partial charge in [-0.15, -0.1) is 11.8 Å². The predicted octanol–water partition coefficient (Wildman–Crippen LogP) is 2.80. The molecular formula is C24H37N3O8S. The van der Waals surface area contributed by atoms with Crippen LogP contribution < -0.4 is 15.7 Å². The van der Waals surface area contributed by atoms with Crippen molar-refractivity contribution in [2.24, 2.45) is 10.1 Å². The highest BCUT2D eigenvalue weighted by Gasteiger charge is 2.40. The Kier molecular flexibility index (Phi) is 13.0. The van der Waals surface area contributed by atoms with Crippen molar-refractivity contribution in [1.29, 1.82) is 0 Å². The van der Waals surface area contributed by atoms with Crippen molar-refractivity contribution in [1.82, 2.24) is 5.32 Å². The van der Waals surface area contributed by atoms with Crippen LogP contribution in [0.15, 0.2) is 31.5 Å². The molecule has 0 aromatic carbocycles. The van der Waals surface area contributed by atoms with Crippen molar-refractivity contribution in [3.05, 3.63) is 28.3 Å². The summed E-state index contributed by atoms with van der Waals surface area (Å²) in [5, 5.41) is 15.6. The molecular weight excluding hydrogens is 490 g/mol. The van der Waals surface area contributed by atoms with Gasteiger partial charge in [0.15, 0.2) is 0 Å². The lowest BCUT2D eigenvalue weighted by Gasteiger charge is -2.24. The first-order valence-corrected chi connectivity index (χ1v) is 13.0. The molecule has 0 radical (unpaired) electrons. The van der Waals surface area contributed by atoms with Gasteiger partial charge in [-0.3, -0.25) is 9.79 Å². The Hall–Kier alpha value is -2.41. The van der Waals surface area contributed by atoms with Crippen LogP contribution in [0.1, 0.15) is 52.3 Å². The molecule has 36 heavy (non-hydrogen) atoms. The van der Waals surface area contributed by atoms with E-state index in [4.69, 9.17) is 28.6 Å². The monoisotopic (exact) mass is 527 g/mol. The maximum atomic E-state index is 13.1. The van der Waals surface area contributed by atoms with Crippen LogP contribution in [0.2, 0.25) is 0 Å². The molecule has 1 aliphatic rings. The second-order valence-electron chi connectivity index (χ2n) is 8.26. The van der Waals surface area contributed by atoms with Crippen LogP contribution >= 0.6 is 11.8 Å². The van der Waals surface area contributed by atoms with E-state index < -0.39 is 17.2 Å². The summed E-state index contributed by atoms with van der Waals surface area (Å²) < 4.78 is 27.1. The summed E-state index contributed by atoms with van der Waals surface area (Å²) in [6, 6.07) is 2.34. The molecule has 0 saturated heterocycles. The lowest BCUT2D eigenvalue weighted by molar-refractivity contribution is -0.125. The first kappa shape index (κ1) is 29.8. The van der Waals surface area contributed by atoms with Crippen molar-refractivity contribution in [3.63, 3.8) is 0 Å². The zero-order valence-corrected chi connectivity index (χ0v) is 22.2. The third-order valence-corrected chi connectivity index (χ3v) is 6.59. The van der Waals surface area contributed by atoms with Crippen molar-refractivity contribution >= 4 is 28.4 Å². The molecule has 11 nitrogen and oxygen atoms in total. The lowest BCUT2D eigenvalue weighted by atomic mass is 10.0. The van der Waals surface area contributed by atoms with Gasteiger partial charge in [-0.05, 0) is 27.2 Å². The normalized spacial score (nSPS) is 18.7. The van der Waals surface area contributed by atoms with Gasteiger partial charge in [0.25, 0.3) is 0 Å². The SMILES string of the molecule is CCCC(NC(=O)C1(C)CSC(/C(C)=N/O)=N1)c1cc(OCCOCCOCCOCC)cc(=O)o1. The highest BCUT2D eigenvalue weighted by molar-refractivity contribution is 8.16. The molecule has 2 unspecified atom stereocenters. The van der Waals surface area contributed by atoms with E-state index in [1.54, 1.807) is 19.9 Å². The van der Waals surface area contributed by atoms with E-state index in [0.717, 1.165) is 6.42 Å². The number of amides is 1. The number of nitrogens with zero attached hydrogens (tertiary/aromatic N) is 2. The summed E-state index contributed by atoms with van der Waals surface area (Å²) in [5.41, 5.74) is -1.24. The Morgan fingerprint density at radius 3 is 2.50 bits per heavy atom. The fraction of sp³-hybridized carbons (Fsp3) is 0.667. The topological polar surface area (TPSA) is 141 Å². The summed E-state index contributed by atoms with van der Waals surface area (Å²) in [4.78, 5) is 29.7. The Balaban J connectivity index is 1.92. The predicted molar refractivity (Wildman–Crippen MR) is 138 cm³/mol. The largest absolute Gasteiger partial charge is 0.491 e. The highest BCUT2D eigenvalue weighted by atomic mass is 32.2. The molecule has 2 atom stereocenters. The van der Waals surface area contributed by atoms with E-state index >= 15 is 0 Å². The summed E-state index contributed by atoms with van der Waals surface area (Å²) in [6.45, 7) is 10.4. The summed E-state index contributed by atoms with van der Waals surface area (Å²) >= 11 is 1.35. The van der Waals surface area contributed by atoms with Crippen LogP contribution in [-0.2, 0) is 19.0 Å². The van der Waals surface area contributed by atoms with Crippen LogP contribution in [0.5, 0.6) is 5.75 Å². The third kappa shape index (κ3) is 9.57. The average molecular weight is 528 g/mol. The maximum absolute atomic E-state index is 13.1. The van der Waals surface area contributed by atoms with Crippen molar-refractivity contribution in [2.75, 3.05) is 52.0 Å². The fourth-order valence-corrected chi connectivity index (χ4v) is 4.39. The van der Waals surface area contributed by atoms with Gasteiger partial charge in [-0.1, -0.05) is 18.5 Å². The van der Waals surface area contributed by atoms with Crippen LogP contribution in [0.25, 0.3) is 0 Å². The number of oxime groups is 1.